The van der Waals surface area contributed by atoms with Crippen molar-refractivity contribution in [3.05, 3.63) is 15.9 Å². The third kappa shape index (κ3) is 3.11. The van der Waals surface area contributed by atoms with Gasteiger partial charge in [0.05, 0.1) is 15.7 Å². The number of primary amides is 1. The summed E-state index contributed by atoms with van der Waals surface area (Å²) in [7, 11) is 1.75. The van der Waals surface area contributed by atoms with Crippen LogP contribution >= 0.6 is 15.9 Å². The topological polar surface area (TPSA) is 72.9 Å². The smallest absolute Gasteiger partial charge is 0.237 e. The highest BCUT2D eigenvalue weighted by molar-refractivity contribution is 9.10. The van der Waals surface area contributed by atoms with Gasteiger partial charge >= 0.3 is 0 Å². The van der Waals surface area contributed by atoms with Gasteiger partial charge < -0.3 is 11.1 Å². The van der Waals surface area contributed by atoms with E-state index in [1.807, 2.05) is 25.5 Å². The predicted molar refractivity (Wildman–Crippen MR) is 75.3 cm³/mol. The molecule has 3 N–H and O–H groups in total. The molecule has 1 rings (SSSR count). The second-order valence-electron chi connectivity index (χ2n) is 4.76. The molecule has 1 atom stereocenters. The Kier molecular flexibility index (Phi) is 4.92. The van der Waals surface area contributed by atoms with E-state index in [0.29, 0.717) is 6.42 Å². The number of aryl methyl sites for hydroxylation is 2. The lowest BCUT2D eigenvalue weighted by Gasteiger charge is -2.25. The van der Waals surface area contributed by atoms with Gasteiger partial charge in [0.2, 0.25) is 5.91 Å². The Bertz CT molecular complexity index is 444. The second-order valence-corrected chi connectivity index (χ2v) is 5.55. The summed E-state index contributed by atoms with van der Waals surface area (Å²) in [6.45, 7) is 6.60. The first-order valence-electron chi connectivity index (χ1n) is 6.00. The molecular weight excluding hydrogens is 296 g/mol. The molecule has 18 heavy (non-hydrogen) atoms. The number of hydrogen-bond donors (Lipinski definition) is 2. The standard InChI is InChI=1S/C12H21BrN4O/c1-8-10(13)9(2)17(16-8)7-5-6-12(3,15-4)11(14)18/h15H,5-7H2,1-4H3,(H2,14,18). The summed E-state index contributed by atoms with van der Waals surface area (Å²) in [5, 5.41) is 7.42. The lowest BCUT2D eigenvalue weighted by atomic mass is 9.95. The molecule has 0 spiro atoms. The van der Waals surface area contributed by atoms with Gasteiger partial charge in [-0.3, -0.25) is 9.48 Å². The third-order valence-electron chi connectivity index (χ3n) is 3.44. The van der Waals surface area contributed by atoms with Crippen LogP contribution in [-0.4, -0.2) is 28.3 Å². The van der Waals surface area contributed by atoms with Gasteiger partial charge in [-0.15, -0.1) is 0 Å². The zero-order chi connectivity index (χ0) is 13.9. The van der Waals surface area contributed by atoms with Crippen LogP contribution < -0.4 is 11.1 Å². The van der Waals surface area contributed by atoms with Crippen LogP contribution in [0, 0.1) is 13.8 Å². The molecule has 0 saturated carbocycles. The van der Waals surface area contributed by atoms with Gasteiger partial charge in [-0.2, -0.15) is 5.10 Å². The number of rotatable bonds is 6. The first-order valence-corrected chi connectivity index (χ1v) is 6.79. The molecule has 0 aliphatic heterocycles. The van der Waals surface area contributed by atoms with Crippen LogP contribution in [0.25, 0.3) is 0 Å². The van der Waals surface area contributed by atoms with Crippen LogP contribution in [0.2, 0.25) is 0 Å². The zero-order valence-electron chi connectivity index (χ0n) is 11.4. The van der Waals surface area contributed by atoms with Gasteiger partial charge in [0, 0.05) is 12.2 Å². The van der Waals surface area contributed by atoms with Gasteiger partial charge in [-0.25, -0.2) is 0 Å². The van der Waals surface area contributed by atoms with E-state index in [2.05, 4.69) is 26.3 Å². The molecule has 0 aliphatic carbocycles. The monoisotopic (exact) mass is 316 g/mol. The van der Waals surface area contributed by atoms with Crippen molar-refractivity contribution in [1.82, 2.24) is 15.1 Å². The van der Waals surface area contributed by atoms with Crippen LogP contribution in [-0.2, 0) is 11.3 Å². The molecule has 0 radical (unpaired) electrons. The number of hydrogen-bond acceptors (Lipinski definition) is 3. The number of nitrogens with two attached hydrogens (primary N) is 1. The molecule has 5 nitrogen and oxygen atoms in total. The van der Waals surface area contributed by atoms with Crippen molar-refractivity contribution in [3.63, 3.8) is 0 Å². The van der Waals surface area contributed by atoms with E-state index in [1.165, 1.54) is 0 Å². The van der Waals surface area contributed by atoms with Gasteiger partial charge in [0.25, 0.3) is 0 Å². The van der Waals surface area contributed by atoms with E-state index in [4.69, 9.17) is 5.73 Å². The summed E-state index contributed by atoms with van der Waals surface area (Å²) < 4.78 is 3.00. The van der Waals surface area contributed by atoms with Crippen LogP contribution in [0.3, 0.4) is 0 Å². The maximum Gasteiger partial charge on any atom is 0.237 e. The van der Waals surface area contributed by atoms with Crippen molar-refractivity contribution in [2.75, 3.05) is 7.05 Å². The Balaban J connectivity index is 2.61. The lowest BCUT2D eigenvalue weighted by molar-refractivity contribution is -0.123. The zero-order valence-corrected chi connectivity index (χ0v) is 13.0. The summed E-state index contributed by atoms with van der Waals surface area (Å²) in [5.41, 5.74) is 6.84. The Morgan fingerprint density at radius 2 is 2.17 bits per heavy atom. The van der Waals surface area contributed by atoms with Crippen LogP contribution in [0.4, 0.5) is 0 Å². The number of halogens is 1. The van der Waals surface area contributed by atoms with E-state index < -0.39 is 5.54 Å². The highest BCUT2D eigenvalue weighted by Gasteiger charge is 2.28. The molecule has 0 saturated heterocycles. The van der Waals surface area contributed by atoms with Crippen molar-refractivity contribution in [2.24, 2.45) is 5.73 Å². The van der Waals surface area contributed by atoms with E-state index >= 15 is 0 Å². The minimum atomic E-state index is -0.646. The second kappa shape index (κ2) is 5.84. The summed E-state index contributed by atoms with van der Waals surface area (Å²) in [4.78, 5) is 11.3. The first-order chi connectivity index (χ1) is 8.31. The number of carbonyl (C=O) groups is 1. The van der Waals surface area contributed by atoms with Gasteiger partial charge in [-0.1, -0.05) is 0 Å². The SMILES string of the molecule is CNC(C)(CCCn1nc(C)c(Br)c1C)C(N)=O. The highest BCUT2D eigenvalue weighted by atomic mass is 79.9. The molecule has 0 bridgehead atoms. The van der Waals surface area contributed by atoms with Crippen molar-refractivity contribution in [1.29, 1.82) is 0 Å². The fourth-order valence-electron chi connectivity index (χ4n) is 1.85. The average Bonchev–Trinajstić information content (AvgIpc) is 2.56. The molecule has 6 heteroatoms. The summed E-state index contributed by atoms with van der Waals surface area (Å²) in [5.74, 6) is -0.320. The lowest BCUT2D eigenvalue weighted by Crippen LogP contribution is -2.51. The molecule has 1 heterocycles. The summed E-state index contributed by atoms with van der Waals surface area (Å²) in [6, 6.07) is 0. The average molecular weight is 317 g/mol. The molecule has 1 amide bonds. The number of nitrogens with one attached hydrogen (secondary N) is 1. The van der Waals surface area contributed by atoms with Crippen molar-refractivity contribution >= 4 is 21.8 Å². The fraction of sp³-hybridized carbons (Fsp3) is 0.667. The number of likely N-dealkylation sites (N-methyl/N-ethyl adjacent to an activating group) is 1. The van der Waals surface area contributed by atoms with E-state index in [0.717, 1.165) is 28.8 Å². The van der Waals surface area contributed by atoms with Crippen molar-refractivity contribution < 1.29 is 4.79 Å². The summed E-state index contributed by atoms with van der Waals surface area (Å²) in [6.07, 6.45) is 1.53. The molecule has 102 valence electrons. The molecule has 0 aliphatic rings. The number of amides is 1. The van der Waals surface area contributed by atoms with Crippen LogP contribution in [0.15, 0.2) is 4.47 Å². The van der Waals surface area contributed by atoms with E-state index in [-0.39, 0.29) is 5.91 Å². The first kappa shape index (κ1) is 15.2. The number of aromatic nitrogens is 2. The van der Waals surface area contributed by atoms with E-state index in [9.17, 15) is 4.79 Å². The largest absolute Gasteiger partial charge is 0.368 e. The molecule has 0 aromatic carbocycles. The van der Waals surface area contributed by atoms with Crippen molar-refractivity contribution in [2.45, 2.75) is 45.7 Å². The van der Waals surface area contributed by atoms with E-state index in [1.54, 1.807) is 7.05 Å². The van der Waals surface area contributed by atoms with Gasteiger partial charge in [-0.05, 0) is 56.6 Å². The Labute approximate surface area is 116 Å². The quantitative estimate of drug-likeness (QED) is 0.835. The molecule has 1 unspecified atom stereocenters. The Morgan fingerprint density at radius 3 is 2.56 bits per heavy atom. The number of nitrogens with zero attached hydrogens (tertiary/aromatic N) is 2. The normalized spacial score (nSPS) is 14.5. The predicted octanol–water partition coefficient (Wildman–Crippen LogP) is 1.51. The molecule has 1 aromatic rings. The highest BCUT2D eigenvalue weighted by Crippen LogP contribution is 2.20. The van der Waals surface area contributed by atoms with Crippen LogP contribution in [0.5, 0.6) is 0 Å². The Morgan fingerprint density at radius 1 is 1.56 bits per heavy atom. The van der Waals surface area contributed by atoms with Gasteiger partial charge in [0.1, 0.15) is 0 Å². The maximum atomic E-state index is 11.3. The minimum Gasteiger partial charge on any atom is -0.368 e. The third-order valence-corrected chi connectivity index (χ3v) is 4.58. The fourth-order valence-corrected chi connectivity index (χ4v) is 2.13. The van der Waals surface area contributed by atoms with Gasteiger partial charge in [0.15, 0.2) is 0 Å². The number of carbonyl (C=O) groups excluding carboxylic acids is 1. The molecular formula is C12H21BrN4O. The maximum absolute atomic E-state index is 11.3. The minimum absolute atomic E-state index is 0.320. The van der Waals surface area contributed by atoms with Crippen molar-refractivity contribution in [3.8, 4) is 0 Å². The molecule has 1 aromatic heterocycles. The Hall–Kier alpha value is -0.880. The van der Waals surface area contributed by atoms with Crippen LogP contribution in [0.1, 0.15) is 31.2 Å². The summed E-state index contributed by atoms with van der Waals surface area (Å²) >= 11 is 3.50. The molecule has 0 fully saturated rings.